The first-order chi connectivity index (χ1) is 9.47. The second-order valence-electron chi connectivity index (χ2n) is 4.14. The topological polar surface area (TPSA) is 115 Å². The second-order valence-corrected chi connectivity index (χ2v) is 5.06. The summed E-state index contributed by atoms with van der Waals surface area (Å²) in [5, 5.41) is 0. The molecule has 0 aliphatic heterocycles. The molecular weight excluding hydrogens is 326 g/mol. The van der Waals surface area contributed by atoms with Gasteiger partial charge < -0.3 is 16.4 Å². The lowest BCUT2D eigenvalue weighted by molar-refractivity contribution is -0.117. The third kappa shape index (κ3) is 3.21. The van der Waals surface area contributed by atoms with Crippen LogP contribution in [0.15, 0.2) is 29.0 Å². The number of nitrogens with zero attached hydrogens (tertiary/aromatic N) is 3. The minimum atomic E-state index is -0.562. The van der Waals surface area contributed by atoms with Crippen LogP contribution in [0.25, 0.3) is 11.0 Å². The molecule has 2 aromatic rings. The lowest BCUT2D eigenvalue weighted by Gasteiger charge is -2.22. The van der Waals surface area contributed by atoms with Gasteiger partial charge in [0.05, 0.1) is 24.3 Å². The summed E-state index contributed by atoms with van der Waals surface area (Å²) in [6, 6.07) is 3.45. The molecule has 20 heavy (non-hydrogen) atoms. The van der Waals surface area contributed by atoms with Gasteiger partial charge in [-0.25, -0.2) is 0 Å². The monoisotopic (exact) mass is 337 g/mol. The molecule has 2 rings (SSSR count). The maximum Gasteiger partial charge on any atom is 0.236 e. The zero-order chi connectivity index (χ0) is 14.7. The molecular formula is C12H12BrN5O2. The van der Waals surface area contributed by atoms with Crippen LogP contribution in [0.1, 0.15) is 0 Å². The van der Waals surface area contributed by atoms with Crippen molar-refractivity contribution in [1.82, 2.24) is 9.97 Å². The number of anilines is 1. The first-order valence-electron chi connectivity index (χ1n) is 5.69. The largest absolute Gasteiger partial charge is 0.368 e. The molecule has 0 saturated carbocycles. The Morgan fingerprint density at radius 1 is 1.20 bits per heavy atom. The number of carbonyl (C=O) groups is 2. The highest BCUT2D eigenvalue weighted by Gasteiger charge is 2.16. The lowest BCUT2D eigenvalue weighted by atomic mass is 10.2. The molecule has 0 bridgehead atoms. The van der Waals surface area contributed by atoms with Gasteiger partial charge in [0.2, 0.25) is 11.8 Å². The van der Waals surface area contributed by atoms with Gasteiger partial charge in [-0.15, -0.1) is 0 Å². The molecule has 0 aliphatic carbocycles. The third-order valence-corrected chi connectivity index (χ3v) is 2.99. The predicted molar refractivity (Wildman–Crippen MR) is 77.8 cm³/mol. The molecule has 0 saturated heterocycles. The number of hydrogen-bond donors (Lipinski definition) is 2. The Hall–Kier alpha value is -2.22. The summed E-state index contributed by atoms with van der Waals surface area (Å²) >= 11 is 3.31. The number of amides is 2. The van der Waals surface area contributed by atoms with Gasteiger partial charge in [0.1, 0.15) is 5.52 Å². The number of fused-ring (bicyclic) bond motifs is 1. The molecule has 0 aliphatic rings. The van der Waals surface area contributed by atoms with Crippen molar-refractivity contribution < 1.29 is 9.59 Å². The van der Waals surface area contributed by atoms with E-state index in [1.807, 2.05) is 0 Å². The molecule has 0 fully saturated rings. The van der Waals surface area contributed by atoms with E-state index in [2.05, 4.69) is 25.9 Å². The standard InChI is InChI=1S/C12H12BrN5O2/c13-7-3-8-12(17-4-7)9(1-2-16-8)18(5-10(14)19)6-11(15)20/h1-4H,5-6H2,(H2,14,19)(H2,15,20). The van der Waals surface area contributed by atoms with Crippen LogP contribution in [0.3, 0.4) is 0 Å². The van der Waals surface area contributed by atoms with E-state index in [4.69, 9.17) is 11.5 Å². The van der Waals surface area contributed by atoms with Crippen molar-refractivity contribution in [3.8, 4) is 0 Å². The van der Waals surface area contributed by atoms with E-state index in [-0.39, 0.29) is 13.1 Å². The average Bonchev–Trinajstić information content (AvgIpc) is 2.35. The maximum atomic E-state index is 11.1. The van der Waals surface area contributed by atoms with Crippen LogP contribution in [0.5, 0.6) is 0 Å². The van der Waals surface area contributed by atoms with Crippen molar-refractivity contribution >= 4 is 44.5 Å². The zero-order valence-electron chi connectivity index (χ0n) is 10.4. The average molecular weight is 338 g/mol. The molecule has 2 amide bonds. The van der Waals surface area contributed by atoms with Crippen LogP contribution in [0, 0.1) is 0 Å². The van der Waals surface area contributed by atoms with Crippen molar-refractivity contribution in [1.29, 1.82) is 0 Å². The number of aromatic nitrogens is 2. The molecule has 0 radical (unpaired) electrons. The Bertz CT molecular complexity index is 660. The summed E-state index contributed by atoms with van der Waals surface area (Å²) in [4.78, 5) is 32.2. The number of hydrogen-bond acceptors (Lipinski definition) is 5. The molecule has 0 spiro atoms. The molecule has 7 nitrogen and oxygen atoms in total. The van der Waals surface area contributed by atoms with Crippen LogP contribution in [0.4, 0.5) is 5.69 Å². The van der Waals surface area contributed by atoms with Gasteiger partial charge in [0.15, 0.2) is 0 Å². The summed E-state index contributed by atoms with van der Waals surface area (Å²) in [6.07, 6.45) is 3.18. The van der Waals surface area contributed by atoms with E-state index in [0.717, 1.165) is 4.47 Å². The van der Waals surface area contributed by atoms with E-state index in [1.54, 1.807) is 24.5 Å². The fourth-order valence-electron chi connectivity index (χ4n) is 1.85. The van der Waals surface area contributed by atoms with E-state index >= 15 is 0 Å². The van der Waals surface area contributed by atoms with E-state index in [0.29, 0.717) is 16.7 Å². The Labute approximate surface area is 123 Å². The lowest BCUT2D eigenvalue weighted by Crippen LogP contribution is -2.39. The Morgan fingerprint density at radius 3 is 2.45 bits per heavy atom. The molecule has 0 unspecified atom stereocenters. The van der Waals surface area contributed by atoms with Crippen molar-refractivity contribution in [3.05, 3.63) is 29.0 Å². The number of halogens is 1. The summed E-state index contributed by atoms with van der Waals surface area (Å²) in [6.45, 7) is -0.250. The van der Waals surface area contributed by atoms with E-state index < -0.39 is 11.8 Å². The maximum absolute atomic E-state index is 11.1. The van der Waals surface area contributed by atoms with Gasteiger partial charge in [-0.3, -0.25) is 19.6 Å². The summed E-state index contributed by atoms with van der Waals surface area (Å²) in [5.74, 6) is -1.12. The quantitative estimate of drug-likeness (QED) is 0.806. The summed E-state index contributed by atoms with van der Waals surface area (Å²) in [5.41, 5.74) is 12.2. The zero-order valence-corrected chi connectivity index (χ0v) is 12.0. The van der Waals surface area contributed by atoms with Gasteiger partial charge in [0, 0.05) is 16.9 Å². The Morgan fingerprint density at radius 2 is 1.85 bits per heavy atom. The SMILES string of the molecule is NC(=O)CN(CC(N)=O)c1ccnc2cc(Br)cnc12. The molecule has 2 aromatic heterocycles. The highest BCUT2D eigenvalue weighted by molar-refractivity contribution is 9.10. The minimum Gasteiger partial charge on any atom is -0.368 e. The number of primary amides is 2. The minimum absolute atomic E-state index is 0.125. The molecule has 8 heteroatoms. The first kappa shape index (κ1) is 14.2. The molecule has 0 aromatic carbocycles. The van der Waals surface area contributed by atoms with Gasteiger partial charge >= 0.3 is 0 Å². The molecule has 104 valence electrons. The van der Waals surface area contributed by atoms with Crippen LogP contribution >= 0.6 is 15.9 Å². The van der Waals surface area contributed by atoms with Crippen LogP contribution in [-0.4, -0.2) is 34.9 Å². The highest BCUT2D eigenvalue weighted by Crippen LogP contribution is 2.25. The predicted octanol–water partition coefficient (Wildman–Crippen LogP) is 0.169. The van der Waals surface area contributed by atoms with Gasteiger partial charge in [-0.05, 0) is 28.1 Å². The number of rotatable bonds is 5. The van der Waals surface area contributed by atoms with E-state index in [9.17, 15) is 9.59 Å². The normalized spacial score (nSPS) is 10.4. The first-order valence-corrected chi connectivity index (χ1v) is 6.48. The van der Waals surface area contributed by atoms with Crippen molar-refractivity contribution in [2.24, 2.45) is 11.5 Å². The number of nitrogens with two attached hydrogens (primary N) is 2. The van der Waals surface area contributed by atoms with Crippen LogP contribution in [0.2, 0.25) is 0 Å². The third-order valence-electron chi connectivity index (χ3n) is 2.56. The Balaban J connectivity index is 2.51. The smallest absolute Gasteiger partial charge is 0.236 e. The fourth-order valence-corrected chi connectivity index (χ4v) is 2.17. The fraction of sp³-hybridized carbons (Fsp3) is 0.167. The van der Waals surface area contributed by atoms with E-state index in [1.165, 1.54) is 4.90 Å². The molecule has 2 heterocycles. The van der Waals surface area contributed by atoms with Crippen molar-refractivity contribution in [2.45, 2.75) is 0 Å². The van der Waals surface area contributed by atoms with Crippen LogP contribution in [-0.2, 0) is 9.59 Å². The number of pyridine rings is 2. The number of carbonyl (C=O) groups excluding carboxylic acids is 2. The van der Waals surface area contributed by atoms with Gasteiger partial charge in [-0.2, -0.15) is 0 Å². The second kappa shape index (κ2) is 5.83. The Kier molecular flexibility index (Phi) is 4.14. The highest BCUT2D eigenvalue weighted by atomic mass is 79.9. The summed E-state index contributed by atoms with van der Waals surface area (Å²) in [7, 11) is 0. The van der Waals surface area contributed by atoms with Crippen molar-refractivity contribution in [3.63, 3.8) is 0 Å². The van der Waals surface area contributed by atoms with Gasteiger partial charge in [-0.1, -0.05) is 0 Å². The summed E-state index contributed by atoms with van der Waals surface area (Å²) < 4.78 is 0.783. The molecule has 0 atom stereocenters. The van der Waals surface area contributed by atoms with Crippen LogP contribution < -0.4 is 16.4 Å². The van der Waals surface area contributed by atoms with Gasteiger partial charge in [0.25, 0.3) is 0 Å². The van der Waals surface area contributed by atoms with Crippen molar-refractivity contribution in [2.75, 3.05) is 18.0 Å². The molecule has 4 N–H and O–H groups in total.